The van der Waals surface area contributed by atoms with Crippen molar-refractivity contribution in [3.05, 3.63) is 23.8 Å². The highest BCUT2D eigenvalue weighted by Crippen LogP contribution is 2.34. The maximum absolute atomic E-state index is 13.3. The molecular formula is C20H27NO4. The van der Waals surface area contributed by atoms with Crippen molar-refractivity contribution in [1.29, 1.82) is 0 Å². The molecule has 2 aliphatic heterocycles. The van der Waals surface area contributed by atoms with Crippen LogP contribution in [0.3, 0.4) is 0 Å². The Balaban J connectivity index is 1.52. The van der Waals surface area contributed by atoms with Crippen molar-refractivity contribution in [3.8, 4) is 11.5 Å². The minimum absolute atomic E-state index is 0.115. The second-order valence-electron chi connectivity index (χ2n) is 7.33. The third-order valence-corrected chi connectivity index (χ3v) is 5.66. The molecule has 0 atom stereocenters. The van der Waals surface area contributed by atoms with Crippen LogP contribution >= 0.6 is 0 Å². The molecule has 0 bridgehead atoms. The molecule has 0 unspecified atom stereocenters. The Morgan fingerprint density at radius 3 is 2.56 bits per heavy atom. The Kier molecular flexibility index (Phi) is 5.11. The Morgan fingerprint density at radius 2 is 1.76 bits per heavy atom. The third-order valence-electron chi connectivity index (χ3n) is 5.66. The first-order valence-electron chi connectivity index (χ1n) is 9.58. The number of rotatable bonds is 4. The number of amides is 1. The number of carbonyl (C=O) groups is 1. The van der Waals surface area contributed by atoms with Gasteiger partial charge in [0.05, 0.1) is 0 Å². The van der Waals surface area contributed by atoms with Crippen LogP contribution in [0, 0.1) is 5.92 Å². The molecule has 4 rings (SSSR count). The van der Waals surface area contributed by atoms with Crippen LogP contribution in [0.15, 0.2) is 18.2 Å². The summed E-state index contributed by atoms with van der Waals surface area (Å²) in [5.74, 6) is 2.01. The zero-order chi connectivity index (χ0) is 17.1. The van der Waals surface area contributed by atoms with Gasteiger partial charge in [-0.15, -0.1) is 0 Å². The SMILES string of the molecule is O=C(C1CCOCC1)N(Cc1ccc2c(c1)OCO2)C1CCCCC1. The minimum Gasteiger partial charge on any atom is -0.454 e. The molecular weight excluding hydrogens is 318 g/mol. The van der Waals surface area contributed by atoms with Crippen molar-refractivity contribution in [2.24, 2.45) is 5.92 Å². The lowest BCUT2D eigenvalue weighted by molar-refractivity contribution is -0.142. The van der Waals surface area contributed by atoms with Gasteiger partial charge in [0.1, 0.15) is 0 Å². The summed E-state index contributed by atoms with van der Waals surface area (Å²) in [5, 5.41) is 0. The second kappa shape index (κ2) is 7.65. The maximum Gasteiger partial charge on any atom is 0.231 e. The fourth-order valence-electron chi connectivity index (χ4n) is 4.19. The molecule has 136 valence electrons. The smallest absolute Gasteiger partial charge is 0.231 e. The van der Waals surface area contributed by atoms with E-state index >= 15 is 0 Å². The lowest BCUT2D eigenvalue weighted by Gasteiger charge is -2.37. The van der Waals surface area contributed by atoms with E-state index in [0.717, 1.165) is 42.7 Å². The highest BCUT2D eigenvalue weighted by Gasteiger charge is 2.32. The molecule has 1 aliphatic carbocycles. The van der Waals surface area contributed by atoms with E-state index in [-0.39, 0.29) is 12.7 Å². The molecule has 3 aliphatic rings. The molecule has 1 amide bonds. The van der Waals surface area contributed by atoms with Gasteiger partial charge >= 0.3 is 0 Å². The van der Waals surface area contributed by atoms with Crippen LogP contribution < -0.4 is 9.47 Å². The van der Waals surface area contributed by atoms with Gasteiger partial charge < -0.3 is 19.1 Å². The predicted molar refractivity (Wildman–Crippen MR) is 93.5 cm³/mol. The van der Waals surface area contributed by atoms with E-state index in [0.29, 0.717) is 31.7 Å². The average molecular weight is 345 g/mol. The van der Waals surface area contributed by atoms with Crippen molar-refractivity contribution >= 4 is 5.91 Å². The number of carbonyl (C=O) groups excluding carboxylic acids is 1. The summed E-state index contributed by atoms with van der Waals surface area (Å²) in [6.07, 6.45) is 7.69. The summed E-state index contributed by atoms with van der Waals surface area (Å²) in [7, 11) is 0. The molecule has 1 aromatic rings. The first-order chi connectivity index (χ1) is 12.3. The summed E-state index contributed by atoms with van der Waals surface area (Å²) in [4.78, 5) is 15.4. The second-order valence-corrected chi connectivity index (χ2v) is 7.33. The lowest BCUT2D eigenvalue weighted by atomic mass is 9.91. The van der Waals surface area contributed by atoms with E-state index < -0.39 is 0 Å². The average Bonchev–Trinajstić information content (AvgIpc) is 3.15. The topological polar surface area (TPSA) is 48.0 Å². The van der Waals surface area contributed by atoms with Gasteiger partial charge in [0.25, 0.3) is 0 Å². The first kappa shape index (κ1) is 16.7. The van der Waals surface area contributed by atoms with E-state index in [1.54, 1.807) is 0 Å². The zero-order valence-electron chi connectivity index (χ0n) is 14.7. The summed E-state index contributed by atoms with van der Waals surface area (Å²) in [5.41, 5.74) is 1.12. The number of benzene rings is 1. The van der Waals surface area contributed by atoms with E-state index in [9.17, 15) is 4.79 Å². The third kappa shape index (κ3) is 3.76. The van der Waals surface area contributed by atoms with Gasteiger partial charge in [-0.05, 0) is 43.4 Å². The Morgan fingerprint density at radius 1 is 1.00 bits per heavy atom. The van der Waals surface area contributed by atoms with Crippen molar-refractivity contribution in [2.75, 3.05) is 20.0 Å². The van der Waals surface area contributed by atoms with Gasteiger partial charge in [-0.25, -0.2) is 0 Å². The summed E-state index contributed by atoms with van der Waals surface area (Å²) < 4.78 is 16.3. The van der Waals surface area contributed by atoms with Crippen LogP contribution in [-0.2, 0) is 16.1 Å². The highest BCUT2D eigenvalue weighted by molar-refractivity contribution is 5.79. The molecule has 1 saturated carbocycles. The van der Waals surface area contributed by atoms with Gasteiger partial charge in [-0.2, -0.15) is 0 Å². The molecule has 0 spiro atoms. The van der Waals surface area contributed by atoms with Crippen LogP contribution in [0.1, 0.15) is 50.5 Å². The number of nitrogens with zero attached hydrogens (tertiary/aromatic N) is 1. The first-order valence-corrected chi connectivity index (χ1v) is 9.58. The van der Waals surface area contributed by atoms with Crippen LogP contribution in [0.5, 0.6) is 11.5 Å². The molecule has 0 aromatic heterocycles. The van der Waals surface area contributed by atoms with Gasteiger partial charge in [0.2, 0.25) is 12.7 Å². The molecule has 25 heavy (non-hydrogen) atoms. The van der Waals surface area contributed by atoms with E-state index in [2.05, 4.69) is 11.0 Å². The predicted octanol–water partition coefficient (Wildman–Crippen LogP) is 3.50. The number of hydrogen-bond acceptors (Lipinski definition) is 4. The summed E-state index contributed by atoms with van der Waals surface area (Å²) in [6, 6.07) is 6.40. The minimum atomic E-state index is 0.115. The normalized spacial score (nSPS) is 21.3. The molecule has 2 heterocycles. The van der Waals surface area contributed by atoms with Crippen molar-refractivity contribution in [2.45, 2.75) is 57.5 Å². The maximum atomic E-state index is 13.3. The lowest BCUT2D eigenvalue weighted by Crippen LogP contribution is -2.45. The molecule has 5 nitrogen and oxygen atoms in total. The van der Waals surface area contributed by atoms with Gasteiger partial charge in [-0.1, -0.05) is 25.3 Å². The number of ether oxygens (including phenoxy) is 3. The summed E-state index contributed by atoms with van der Waals surface area (Å²) in [6.45, 7) is 2.36. The fraction of sp³-hybridized carbons (Fsp3) is 0.650. The van der Waals surface area contributed by atoms with E-state index in [4.69, 9.17) is 14.2 Å². The van der Waals surface area contributed by atoms with Gasteiger partial charge in [0, 0.05) is 31.7 Å². The molecule has 5 heteroatoms. The van der Waals surface area contributed by atoms with E-state index in [1.807, 2.05) is 12.1 Å². The largest absolute Gasteiger partial charge is 0.454 e. The molecule has 1 saturated heterocycles. The van der Waals surface area contributed by atoms with Gasteiger partial charge in [0.15, 0.2) is 11.5 Å². The van der Waals surface area contributed by atoms with Crippen LogP contribution in [0.25, 0.3) is 0 Å². The monoisotopic (exact) mass is 345 g/mol. The molecule has 1 aromatic carbocycles. The fourth-order valence-corrected chi connectivity index (χ4v) is 4.19. The molecule has 0 N–H and O–H groups in total. The Hall–Kier alpha value is -1.75. The van der Waals surface area contributed by atoms with Gasteiger partial charge in [-0.3, -0.25) is 4.79 Å². The van der Waals surface area contributed by atoms with Crippen molar-refractivity contribution in [3.63, 3.8) is 0 Å². The van der Waals surface area contributed by atoms with E-state index in [1.165, 1.54) is 19.3 Å². The van der Waals surface area contributed by atoms with Crippen LogP contribution in [0.4, 0.5) is 0 Å². The van der Waals surface area contributed by atoms with Crippen molar-refractivity contribution < 1.29 is 19.0 Å². The molecule has 0 radical (unpaired) electrons. The molecule has 2 fully saturated rings. The quantitative estimate of drug-likeness (QED) is 0.838. The number of hydrogen-bond donors (Lipinski definition) is 0. The zero-order valence-corrected chi connectivity index (χ0v) is 14.7. The number of fused-ring (bicyclic) bond motifs is 1. The summed E-state index contributed by atoms with van der Waals surface area (Å²) >= 11 is 0. The van der Waals surface area contributed by atoms with Crippen molar-refractivity contribution in [1.82, 2.24) is 4.90 Å². The van der Waals surface area contributed by atoms with Crippen LogP contribution in [-0.4, -0.2) is 36.9 Å². The highest BCUT2D eigenvalue weighted by atomic mass is 16.7. The Bertz CT molecular complexity index is 606. The standard InChI is InChI=1S/C20H27NO4/c22-20(16-8-10-23-11-9-16)21(17-4-2-1-3-5-17)13-15-6-7-18-19(12-15)25-14-24-18/h6-7,12,16-17H,1-5,8-11,13-14H2. The van der Waals surface area contributed by atoms with Crippen LogP contribution in [0.2, 0.25) is 0 Å². The Labute approximate surface area is 149 Å².